The van der Waals surface area contributed by atoms with E-state index in [2.05, 4.69) is 21.9 Å². The molecule has 0 bridgehead atoms. The van der Waals surface area contributed by atoms with Crippen LogP contribution in [0.5, 0.6) is 5.75 Å². The van der Waals surface area contributed by atoms with Gasteiger partial charge >= 0.3 is 6.61 Å². The second-order valence-corrected chi connectivity index (χ2v) is 6.30. The first-order chi connectivity index (χ1) is 12.1. The first kappa shape index (κ1) is 19.7. The first-order valence-electron chi connectivity index (χ1n) is 7.55. The number of carbonyl (C=O) groups is 1. The molecular weight excluding hydrogens is 364 g/mol. The van der Waals surface area contributed by atoms with E-state index in [4.69, 9.17) is 11.6 Å². The van der Waals surface area contributed by atoms with Gasteiger partial charge in [0.1, 0.15) is 5.60 Å². The van der Waals surface area contributed by atoms with Crippen molar-refractivity contribution in [3.05, 3.63) is 58.6 Å². The zero-order valence-electron chi connectivity index (χ0n) is 14.0. The Bertz CT molecular complexity index is 850. The summed E-state index contributed by atoms with van der Waals surface area (Å²) < 4.78 is 29.3. The number of anilines is 1. The highest BCUT2D eigenvalue weighted by Crippen LogP contribution is 2.30. The van der Waals surface area contributed by atoms with E-state index in [0.29, 0.717) is 11.1 Å². The van der Waals surface area contributed by atoms with Crippen molar-refractivity contribution < 1.29 is 23.4 Å². The van der Waals surface area contributed by atoms with E-state index in [1.165, 1.54) is 30.3 Å². The summed E-state index contributed by atoms with van der Waals surface area (Å²) in [6.07, 6.45) is 0. The van der Waals surface area contributed by atoms with E-state index in [1.54, 1.807) is 26.0 Å². The van der Waals surface area contributed by atoms with Gasteiger partial charge in [0.2, 0.25) is 0 Å². The van der Waals surface area contributed by atoms with Gasteiger partial charge in [0.25, 0.3) is 5.91 Å². The number of aliphatic hydroxyl groups is 1. The highest BCUT2D eigenvalue weighted by Gasteiger charge is 2.14. The van der Waals surface area contributed by atoms with Gasteiger partial charge in [-0.2, -0.15) is 8.78 Å². The maximum atomic E-state index is 12.5. The molecular formula is C19H16ClF2NO3. The van der Waals surface area contributed by atoms with Crippen LogP contribution in [0.1, 0.15) is 29.8 Å². The molecule has 0 fully saturated rings. The number of alkyl halides is 2. The number of halogens is 3. The topological polar surface area (TPSA) is 58.6 Å². The summed E-state index contributed by atoms with van der Waals surface area (Å²) >= 11 is 5.76. The number of benzene rings is 2. The minimum atomic E-state index is -3.04. The van der Waals surface area contributed by atoms with Crippen LogP contribution in [-0.2, 0) is 0 Å². The van der Waals surface area contributed by atoms with Crippen molar-refractivity contribution in [3.63, 3.8) is 0 Å². The van der Waals surface area contributed by atoms with Crippen LogP contribution in [0.25, 0.3) is 0 Å². The predicted octanol–water partition coefficient (Wildman–Crippen LogP) is 4.32. The number of amides is 1. The van der Waals surface area contributed by atoms with Crippen LogP contribution in [0.4, 0.5) is 14.5 Å². The third-order valence-corrected chi connectivity index (χ3v) is 3.30. The lowest BCUT2D eigenvalue weighted by atomic mass is 10.1. The van der Waals surface area contributed by atoms with Crippen LogP contribution in [-0.4, -0.2) is 23.2 Å². The zero-order chi connectivity index (χ0) is 19.3. The molecule has 1 amide bonds. The van der Waals surface area contributed by atoms with Gasteiger partial charge in [0.05, 0.1) is 5.69 Å². The normalized spacial score (nSPS) is 10.9. The third kappa shape index (κ3) is 6.03. The molecule has 0 atom stereocenters. The molecule has 2 aromatic rings. The molecule has 136 valence electrons. The van der Waals surface area contributed by atoms with Gasteiger partial charge in [0, 0.05) is 22.2 Å². The Hall–Kier alpha value is -2.62. The van der Waals surface area contributed by atoms with Gasteiger partial charge in [-0.15, -0.1) is 0 Å². The van der Waals surface area contributed by atoms with Gasteiger partial charge in [-0.3, -0.25) is 4.79 Å². The SMILES string of the molecule is CC(C)(O)C#Cc1ccc(C(=O)Nc2ccc(Cl)cc2OC(F)F)cc1. The summed E-state index contributed by atoms with van der Waals surface area (Å²) in [4.78, 5) is 12.3. The fraction of sp³-hybridized carbons (Fsp3) is 0.211. The predicted molar refractivity (Wildman–Crippen MR) is 95.7 cm³/mol. The van der Waals surface area contributed by atoms with Crippen molar-refractivity contribution in [2.75, 3.05) is 5.32 Å². The van der Waals surface area contributed by atoms with E-state index < -0.39 is 18.1 Å². The smallest absolute Gasteiger partial charge is 0.387 e. The highest BCUT2D eigenvalue weighted by atomic mass is 35.5. The number of nitrogens with one attached hydrogen (secondary N) is 1. The number of ether oxygens (including phenoxy) is 1. The maximum Gasteiger partial charge on any atom is 0.387 e. The summed E-state index contributed by atoms with van der Waals surface area (Å²) in [5.41, 5.74) is -0.120. The molecule has 0 heterocycles. The molecule has 2 aromatic carbocycles. The minimum absolute atomic E-state index is 0.0746. The van der Waals surface area contributed by atoms with Crippen molar-refractivity contribution >= 4 is 23.2 Å². The quantitative estimate of drug-likeness (QED) is 0.778. The molecule has 0 radical (unpaired) electrons. The second kappa shape index (κ2) is 8.17. The molecule has 2 N–H and O–H groups in total. The van der Waals surface area contributed by atoms with Gasteiger partial charge < -0.3 is 15.2 Å². The van der Waals surface area contributed by atoms with E-state index in [0.717, 1.165) is 0 Å². The third-order valence-electron chi connectivity index (χ3n) is 3.07. The average Bonchev–Trinajstić information content (AvgIpc) is 2.54. The maximum absolute atomic E-state index is 12.5. The van der Waals surface area contributed by atoms with Crippen molar-refractivity contribution in [1.29, 1.82) is 0 Å². The molecule has 0 aliphatic carbocycles. The largest absolute Gasteiger partial charge is 0.433 e. The molecule has 26 heavy (non-hydrogen) atoms. The lowest BCUT2D eigenvalue weighted by molar-refractivity contribution is -0.0493. The molecule has 2 rings (SSSR count). The summed E-state index contributed by atoms with van der Waals surface area (Å²) in [5.74, 6) is 4.72. The standard InChI is InChI=1S/C19H16ClF2NO3/c1-19(2,25)10-9-12-3-5-13(6-4-12)17(24)23-15-8-7-14(20)11-16(15)26-18(21)22/h3-8,11,18,25H,1-2H3,(H,23,24). The second-order valence-electron chi connectivity index (χ2n) is 5.86. The number of hydrogen-bond acceptors (Lipinski definition) is 3. The fourth-order valence-corrected chi connectivity index (χ4v) is 2.08. The number of rotatable bonds is 4. The van der Waals surface area contributed by atoms with Crippen LogP contribution in [0.15, 0.2) is 42.5 Å². The Balaban J connectivity index is 2.16. The highest BCUT2D eigenvalue weighted by molar-refractivity contribution is 6.30. The molecule has 0 saturated heterocycles. The molecule has 0 unspecified atom stereocenters. The summed E-state index contributed by atoms with van der Waals surface area (Å²) in [5, 5.41) is 12.3. The summed E-state index contributed by atoms with van der Waals surface area (Å²) in [6.45, 7) is 0.0812. The lowest BCUT2D eigenvalue weighted by Gasteiger charge is -2.12. The molecule has 0 spiro atoms. The van der Waals surface area contributed by atoms with Crippen molar-refractivity contribution in [2.45, 2.75) is 26.1 Å². The summed E-state index contributed by atoms with van der Waals surface area (Å²) in [6, 6.07) is 10.3. The van der Waals surface area contributed by atoms with Crippen LogP contribution in [0.3, 0.4) is 0 Å². The van der Waals surface area contributed by atoms with Crippen LogP contribution in [0, 0.1) is 11.8 Å². The van der Waals surface area contributed by atoms with Crippen LogP contribution in [0.2, 0.25) is 5.02 Å². The van der Waals surface area contributed by atoms with Crippen LogP contribution >= 0.6 is 11.6 Å². The van der Waals surface area contributed by atoms with E-state index in [-0.39, 0.29) is 16.5 Å². The van der Waals surface area contributed by atoms with Crippen molar-refractivity contribution in [3.8, 4) is 17.6 Å². The van der Waals surface area contributed by atoms with Gasteiger partial charge in [0.15, 0.2) is 5.75 Å². The van der Waals surface area contributed by atoms with Crippen molar-refractivity contribution in [2.24, 2.45) is 0 Å². The van der Waals surface area contributed by atoms with Crippen molar-refractivity contribution in [1.82, 2.24) is 0 Å². The Kier molecular flexibility index (Phi) is 6.19. The molecule has 4 nitrogen and oxygen atoms in total. The van der Waals surface area contributed by atoms with Crippen LogP contribution < -0.4 is 10.1 Å². The molecule has 7 heteroatoms. The molecule has 0 aliphatic rings. The van der Waals surface area contributed by atoms with Gasteiger partial charge in [-0.25, -0.2) is 0 Å². The van der Waals surface area contributed by atoms with Gasteiger partial charge in [-0.1, -0.05) is 23.4 Å². The number of carbonyl (C=O) groups excluding carboxylic acids is 1. The first-order valence-corrected chi connectivity index (χ1v) is 7.93. The molecule has 0 aliphatic heterocycles. The zero-order valence-corrected chi connectivity index (χ0v) is 14.8. The Morgan fingerprint density at radius 2 is 1.88 bits per heavy atom. The minimum Gasteiger partial charge on any atom is -0.433 e. The Morgan fingerprint density at radius 3 is 2.46 bits per heavy atom. The fourth-order valence-electron chi connectivity index (χ4n) is 1.92. The number of hydrogen-bond donors (Lipinski definition) is 2. The van der Waals surface area contributed by atoms with Gasteiger partial charge in [-0.05, 0) is 50.2 Å². The summed E-state index contributed by atoms with van der Waals surface area (Å²) in [7, 11) is 0. The monoisotopic (exact) mass is 379 g/mol. The Morgan fingerprint density at radius 1 is 1.23 bits per heavy atom. The molecule has 0 aromatic heterocycles. The Labute approximate surface area is 154 Å². The lowest BCUT2D eigenvalue weighted by Crippen LogP contribution is -2.14. The van der Waals surface area contributed by atoms with E-state index in [9.17, 15) is 18.7 Å². The molecule has 0 saturated carbocycles. The average molecular weight is 380 g/mol. The van der Waals surface area contributed by atoms with E-state index >= 15 is 0 Å². The van der Waals surface area contributed by atoms with E-state index in [1.807, 2.05) is 0 Å².